The number of para-hydroxylation sites is 1. The first-order chi connectivity index (χ1) is 10.6. The van der Waals surface area contributed by atoms with E-state index in [1.165, 1.54) is 6.42 Å². The van der Waals surface area contributed by atoms with Crippen LogP contribution >= 0.6 is 0 Å². The molecule has 0 saturated carbocycles. The predicted octanol–water partition coefficient (Wildman–Crippen LogP) is 3.64. The van der Waals surface area contributed by atoms with Crippen molar-refractivity contribution in [3.8, 4) is 17.0 Å². The second-order valence-corrected chi connectivity index (χ2v) is 6.27. The Balaban J connectivity index is 1.96. The molecular weight excluding hydrogens is 274 g/mol. The van der Waals surface area contributed by atoms with Crippen molar-refractivity contribution in [2.45, 2.75) is 27.2 Å². The molecule has 2 aromatic rings. The van der Waals surface area contributed by atoms with Gasteiger partial charge in [-0.1, -0.05) is 32.4 Å². The van der Waals surface area contributed by atoms with Crippen LogP contribution in [0.1, 0.15) is 26.0 Å². The minimum atomic E-state index is 0.243. The summed E-state index contributed by atoms with van der Waals surface area (Å²) < 4.78 is 0. The molecule has 116 valence electrons. The molecule has 1 aromatic carbocycles. The van der Waals surface area contributed by atoms with Crippen molar-refractivity contribution in [2.75, 3.05) is 18.0 Å². The zero-order chi connectivity index (χ0) is 15.7. The van der Waals surface area contributed by atoms with Gasteiger partial charge in [0.2, 0.25) is 0 Å². The van der Waals surface area contributed by atoms with Gasteiger partial charge in [-0.05, 0) is 37.0 Å². The van der Waals surface area contributed by atoms with E-state index in [0.717, 1.165) is 41.6 Å². The first-order valence-corrected chi connectivity index (χ1v) is 7.97. The molecule has 2 unspecified atom stereocenters. The Morgan fingerprint density at radius 1 is 1.23 bits per heavy atom. The van der Waals surface area contributed by atoms with Gasteiger partial charge in [-0.25, -0.2) is 0 Å². The molecule has 4 nitrogen and oxygen atoms in total. The van der Waals surface area contributed by atoms with E-state index in [9.17, 15) is 5.11 Å². The van der Waals surface area contributed by atoms with Crippen molar-refractivity contribution in [1.82, 2.24) is 10.2 Å². The first kappa shape index (κ1) is 14.8. The molecule has 0 spiro atoms. The lowest BCUT2D eigenvalue weighted by Gasteiger charge is -2.20. The number of hydrogen-bond acceptors (Lipinski definition) is 4. The zero-order valence-electron chi connectivity index (χ0n) is 13.5. The number of hydrogen-bond donors (Lipinski definition) is 1. The summed E-state index contributed by atoms with van der Waals surface area (Å²) in [5.41, 5.74) is 3.54. The van der Waals surface area contributed by atoms with Gasteiger partial charge in [0.05, 0.1) is 17.1 Å². The summed E-state index contributed by atoms with van der Waals surface area (Å²) >= 11 is 0. The number of benzene rings is 1. The van der Waals surface area contributed by atoms with E-state index in [2.05, 4.69) is 35.0 Å². The summed E-state index contributed by atoms with van der Waals surface area (Å²) in [6.45, 7) is 8.72. The van der Waals surface area contributed by atoms with Crippen LogP contribution in [0.25, 0.3) is 11.3 Å². The van der Waals surface area contributed by atoms with Crippen LogP contribution in [0.2, 0.25) is 0 Å². The van der Waals surface area contributed by atoms with Crippen LogP contribution in [-0.4, -0.2) is 28.4 Å². The van der Waals surface area contributed by atoms with Crippen molar-refractivity contribution < 1.29 is 5.11 Å². The Morgan fingerprint density at radius 2 is 2.00 bits per heavy atom. The van der Waals surface area contributed by atoms with E-state index in [1.807, 2.05) is 25.1 Å². The average Bonchev–Trinajstić information content (AvgIpc) is 2.89. The Kier molecular flexibility index (Phi) is 4.01. The van der Waals surface area contributed by atoms with E-state index in [0.29, 0.717) is 5.92 Å². The van der Waals surface area contributed by atoms with Gasteiger partial charge in [-0.15, -0.1) is 5.10 Å². The first-order valence-electron chi connectivity index (χ1n) is 7.97. The van der Waals surface area contributed by atoms with E-state index in [4.69, 9.17) is 0 Å². The standard InChI is InChI=1S/C18H23N3O/c1-4-14-11-21(10-12(14)2)17-9-16(20-19-13(17)3)15-7-5-6-8-18(15)22/h5-9,12,14,22H,4,10-11H2,1-3H3. The Bertz CT molecular complexity index is 671. The largest absolute Gasteiger partial charge is 0.507 e. The summed E-state index contributed by atoms with van der Waals surface area (Å²) in [7, 11) is 0. The van der Waals surface area contributed by atoms with Crippen molar-refractivity contribution in [3.63, 3.8) is 0 Å². The summed E-state index contributed by atoms with van der Waals surface area (Å²) in [6, 6.07) is 9.33. The lowest BCUT2D eigenvalue weighted by Crippen LogP contribution is -2.21. The molecular formula is C18H23N3O. The lowest BCUT2D eigenvalue weighted by atomic mass is 9.96. The molecule has 1 fully saturated rings. The highest BCUT2D eigenvalue weighted by atomic mass is 16.3. The number of anilines is 1. The molecule has 4 heteroatoms. The number of aromatic nitrogens is 2. The van der Waals surface area contributed by atoms with Crippen LogP contribution in [-0.2, 0) is 0 Å². The third-order valence-electron chi connectivity index (χ3n) is 4.76. The van der Waals surface area contributed by atoms with Crippen LogP contribution in [0.4, 0.5) is 5.69 Å². The molecule has 0 aliphatic carbocycles. The maximum atomic E-state index is 10.0. The number of phenols is 1. The highest BCUT2D eigenvalue weighted by molar-refractivity contribution is 5.70. The van der Waals surface area contributed by atoms with Crippen molar-refractivity contribution in [3.05, 3.63) is 36.0 Å². The van der Waals surface area contributed by atoms with Crippen LogP contribution in [0.3, 0.4) is 0 Å². The van der Waals surface area contributed by atoms with Crippen LogP contribution in [0.5, 0.6) is 5.75 Å². The predicted molar refractivity (Wildman–Crippen MR) is 89.0 cm³/mol. The van der Waals surface area contributed by atoms with Gasteiger partial charge < -0.3 is 10.0 Å². The van der Waals surface area contributed by atoms with E-state index in [-0.39, 0.29) is 5.75 Å². The third-order valence-corrected chi connectivity index (χ3v) is 4.76. The maximum Gasteiger partial charge on any atom is 0.125 e. The van der Waals surface area contributed by atoms with Gasteiger partial charge in [-0.2, -0.15) is 5.10 Å². The Hall–Kier alpha value is -2.10. The number of nitrogens with zero attached hydrogens (tertiary/aromatic N) is 3. The summed E-state index contributed by atoms with van der Waals surface area (Å²) in [5, 5.41) is 18.6. The fourth-order valence-corrected chi connectivity index (χ4v) is 3.35. The van der Waals surface area contributed by atoms with Gasteiger partial charge in [0.15, 0.2) is 0 Å². The van der Waals surface area contributed by atoms with Gasteiger partial charge in [-0.3, -0.25) is 0 Å². The van der Waals surface area contributed by atoms with Crippen molar-refractivity contribution in [1.29, 1.82) is 0 Å². The lowest BCUT2D eigenvalue weighted by molar-refractivity contribution is 0.440. The molecule has 0 bridgehead atoms. The van der Waals surface area contributed by atoms with E-state index in [1.54, 1.807) is 6.07 Å². The molecule has 1 aliphatic rings. The molecule has 0 radical (unpaired) electrons. The minimum absolute atomic E-state index is 0.243. The number of rotatable bonds is 3. The van der Waals surface area contributed by atoms with Crippen LogP contribution in [0.15, 0.2) is 30.3 Å². The molecule has 1 aliphatic heterocycles. The molecule has 1 saturated heterocycles. The summed E-state index contributed by atoms with van der Waals surface area (Å²) in [5.74, 6) is 1.68. The number of phenolic OH excluding ortho intramolecular Hbond substituents is 1. The molecule has 3 rings (SSSR count). The Morgan fingerprint density at radius 3 is 2.68 bits per heavy atom. The van der Waals surface area contributed by atoms with Crippen molar-refractivity contribution in [2.24, 2.45) is 11.8 Å². The number of aryl methyl sites for hydroxylation is 1. The third kappa shape index (κ3) is 2.65. The van der Waals surface area contributed by atoms with Gasteiger partial charge >= 0.3 is 0 Å². The minimum Gasteiger partial charge on any atom is -0.507 e. The van der Waals surface area contributed by atoms with Crippen molar-refractivity contribution >= 4 is 5.69 Å². The maximum absolute atomic E-state index is 10.0. The summed E-state index contributed by atoms with van der Waals surface area (Å²) in [4.78, 5) is 2.41. The molecule has 0 amide bonds. The fourth-order valence-electron chi connectivity index (χ4n) is 3.35. The molecule has 1 N–H and O–H groups in total. The van der Waals surface area contributed by atoms with Gasteiger partial charge in [0, 0.05) is 18.7 Å². The molecule has 1 aromatic heterocycles. The average molecular weight is 297 g/mol. The topological polar surface area (TPSA) is 49.2 Å². The fraction of sp³-hybridized carbons (Fsp3) is 0.444. The zero-order valence-corrected chi connectivity index (χ0v) is 13.5. The quantitative estimate of drug-likeness (QED) is 0.939. The second-order valence-electron chi connectivity index (χ2n) is 6.27. The summed E-state index contributed by atoms with van der Waals surface area (Å²) in [6.07, 6.45) is 1.21. The van der Waals surface area contributed by atoms with Crippen LogP contribution in [0, 0.1) is 18.8 Å². The SMILES string of the molecule is CCC1CN(c2cc(-c3ccccc3O)nnc2C)CC1C. The Labute approximate surface area is 131 Å². The number of aromatic hydroxyl groups is 1. The molecule has 22 heavy (non-hydrogen) atoms. The highest BCUT2D eigenvalue weighted by Crippen LogP contribution is 2.34. The monoisotopic (exact) mass is 297 g/mol. The normalized spacial score (nSPS) is 21.3. The van der Waals surface area contributed by atoms with E-state index >= 15 is 0 Å². The van der Waals surface area contributed by atoms with Gasteiger partial charge in [0.25, 0.3) is 0 Å². The molecule has 2 atom stereocenters. The highest BCUT2D eigenvalue weighted by Gasteiger charge is 2.29. The second kappa shape index (κ2) is 5.95. The smallest absolute Gasteiger partial charge is 0.125 e. The van der Waals surface area contributed by atoms with Gasteiger partial charge in [0.1, 0.15) is 5.75 Å². The van der Waals surface area contributed by atoms with E-state index < -0.39 is 0 Å². The molecule has 2 heterocycles. The van der Waals surface area contributed by atoms with Crippen LogP contribution < -0.4 is 4.90 Å².